The molecule has 2 aromatic carbocycles. The Balaban J connectivity index is 1.87. The van der Waals surface area contributed by atoms with Gasteiger partial charge in [0.05, 0.1) is 13.2 Å². The monoisotopic (exact) mass is 368 g/mol. The van der Waals surface area contributed by atoms with E-state index < -0.39 is 0 Å². The summed E-state index contributed by atoms with van der Waals surface area (Å²) in [5, 5.41) is 6.18. The number of carbonyl (C=O) groups excluding carboxylic acids is 1. The molecule has 0 aromatic heterocycles. The first-order valence-electron chi connectivity index (χ1n) is 8.98. The lowest BCUT2D eigenvalue weighted by Crippen LogP contribution is -2.41. The molecule has 0 spiro atoms. The maximum absolute atomic E-state index is 12.3. The highest BCUT2D eigenvalue weighted by Crippen LogP contribution is 2.28. The molecule has 0 heterocycles. The van der Waals surface area contributed by atoms with Crippen LogP contribution in [0.3, 0.4) is 0 Å². The summed E-state index contributed by atoms with van der Waals surface area (Å²) in [7, 11) is 1.61. The molecule has 0 bridgehead atoms. The maximum Gasteiger partial charge on any atom is 0.237 e. The molecule has 5 nitrogen and oxygen atoms in total. The first kappa shape index (κ1) is 20.5. The van der Waals surface area contributed by atoms with E-state index in [1.807, 2.05) is 62.4 Å². The predicted molar refractivity (Wildman–Crippen MR) is 108 cm³/mol. The van der Waals surface area contributed by atoms with Crippen LogP contribution in [-0.4, -0.2) is 25.7 Å². The first-order chi connectivity index (χ1) is 13.0. The van der Waals surface area contributed by atoms with Gasteiger partial charge in [0.2, 0.25) is 5.91 Å². The minimum absolute atomic E-state index is 0.0360. The second-order valence-electron chi connectivity index (χ2n) is 6.54. The largest absolute Gasteiger partial charge is 0.493 e. The molecule has 2 aromatic rings. The first-order valence-corrected chi connectivity index (χ1v) is 8.98. The van der Waals surface area contributed by atoms with E-state index in [9.17, 15) is 4.79 Å². The van der Waals surface area contributed by atoms with Crippen molar-refractivity contribution in [2.24, 2.45) is 0 Å². The van der Waals surface area contributed by atoms with Crippen molar-refractivity contribution in [1.82, 2.24) is 10.6 Å². The lowest BCUT2D eigenvalue weighted by Gasteiger charge is -2.16. The molecule has 2 rings (SSSR count). The van der Waals surface area contributed by atoms with Gasteiger partial charge in [-0.1, -0.05) is 43.0 Å². The van der Waals surface area contributed by atoms with Gasteiger partial charge in [0.25, 0.3) is 0 Å². The average Bonchev–Trinajstić information content (AvgIpc) is 2.69. The number of carbonyl (C=O) groups is 1. The zero-order valence-corrected chi connectivity index (χ0v) is 16.2. The van der Waals surface area contributed by atoms with Crippen molar-refractivity contribution < 1.29 is 14.3 Å². The highest BCUT2D eigenvalue weighted by Gasteiger charge is 2.13. The van der Waals surface area contributed by atoms with Crippen LogP contribution in [-0.2, 0) is 17.9 Å². The van der Waals surface area contributed by atoms with Crippen molar-refractivity contribution >= 4 is 5.91 Å². The number of amides is 1. The Bertz CT molecular complexity index is 759. The average molecular weight is 368 g/mol. The molecule has 27 heavy (non-hydrogen) atoms. The van der Waals surface area contributed by atoms with Crippen LogP contribution < -0.4 is 20.1 Å². The fourth-order valence-electron chi connectivity index (χ4n) is 2.45. The van der Waals surface area contributed by atoms with Gasteiger partial charge in [0, 0.05) is 13.1 Å². The normalized spacial score (nSPS) is 11.5. The van der Waals surface area contributed by atoms with Crippen LogP contribution >= 0.6 is 0 Å². The number of nitrogens with one attached hydrogen (secondary N) is 2. The summed E-state index contributed by atoms with van der Waals surface area (Å²) < 4.78 is 11.1. The third-order valence-electron chi connectivity index (χ3n) is 4.02. The minimum Gasteiger partial charge on any atom is -0.493 e. The Labute approximate surface area is 161 Å². The molecule has 0 aliphatic heterocycles. The molecule has 144 valence electrons. The Morgan fingerprint density at radius 2 is 1.81 bits per heavy atom. The number of hydrogen-bond acceptors (Lipinski definition) is 4. The van der Waals surface area contributed by atoms with Crippen molar-refractivity contribution in [2.75, 3.05) is 13.7 Å². The van der Waals surface area contributed by atoms with E-state index >= 15 is 0 Å². The second-order valence-corrected chi connectivity index (χ2v) is 6.54. The zero-order chi connectivity index (χ0) is 19.6. The van der Waals surface area contributed by atoms with Crippen LogP contribution in [0, 0.1) is 0 Å². The lowest BCUT2D eigenvalue weighted by molar-refractivity contribution is -0.122. The molecule has 1 unspecified atom stereocenters. The maximum atomic E-state index is 12.3. The Morgan fingerprint density at radius 3 is 2.48 bits per heavy atom. The van der Waals surface area contributed by atoms with Gasteiger partial charge in [-0.15, -0.1) is 0 Å². The van der Waals surface area contributed by atoms with Crippen molar-refractivity contribution in [3.05, 3.63) is 71.8 Å². The van der Waals surface area contributed by atoms with Crippen molar-refractivity contribution in [1.29, 1.82) is 0 Å². The van der Waals surface area contributed by atoms with E-state index in [0.717, 1.165) is 16.7 Å². The van der Waals surface area contributed by atoms with Gasteiger partial charge >= 0.3 is 0 Å². The van der Waals surface area contributed by atoms with E-state index in [0.29, 0.717) is 31.2 Å². The molecule has 0 fully saturated rings. The van der Waals surface area contributed by atoms with Crippen LogP contribution in [0.5, 0.6) is 11.5 Å². The molecule has 0 aliphatic rings. The molecule has 2 N–H and O–H groups in total. The Morgan fingerprint density at radius 1 is 1.07 bits per heavy atom. The fraction of sp³-hybridized carbons (Fsp3) is 0.318. The number of hydrogen-bond donors (Lipinski definition) is 2. The summed E-state index contributed by atoms with van der Waals surface area (Å²) in [4.78, 5) is 12.3. The lowest BCUT2D eigenvalue weighted by atomic mass is 10.1. The quantitative estimate of drug-likeness (QED) is 0.631. The second kappa shape index (κ2) is 10.4. The third kappa shape index (κ3) is 6.79. The van der Waals surface area contributed by atoms with E-state index in [1.54, 1.807) is 7.11 Å². The van der Waals surface area contributed by atoms with Crippen LogP contribution in [0.4, 0.5) is 0 Å². The topological polar surface area (TPSA) is 59.6 Å². The molecule has 0 saturated heterocycles. The van der Waals surface area contributed by atoms with Crippen molar-refractivity contribution in [3.63, 3.8) is 0 Å². The molecule has 0 radical (unpaired) electrons. The van der Waals surface area contributed by atoms with E-state index in [1.165, 1.54) is 0 Å². The van der Waals surface area contributed by atoms with Gasteiger partial charge in [0.15, 0.2) is 11.5 Å². The number of rotatable bonds is 10. The number of ether oxygens (including phenoxy) is 2. The van der Waals surface area contributed by atoms with E-state index in [-0.39, 0.29) is 11.9 Å². The Kier molecular flexibility index (Phi) is 7.89. The molecule has 0 aliphatic carbocycles. The van der Waals surface area contributed by atoms with Gasteiger partial charge in [0.1, 0.15) is 6.61 Å². The third-order valence-corrected chi connectivity index (χ3v) is 4.02. The number of benzene rings is 2. The predicted octanol–water partition coefficient (Wildman–Crippen LogP) is 3.44. The van der Waals surface area contributed by atoms with Crippen LogP contribution in [0.15, 0.2) is 60.7 Å². The smallest absolute Gasteiger partial charge is 0.237 e. The minimum atomic E-state index is -0.310. The van der Waals surface area contributed by atoms with Crippen LogP contribution in [0.25, 0.3) is 0 Å². The highest BCUT2D eigenvalue weighted by molar-refractivity contribution is 5.81. The van der Waals surface area contributed by atoms with Gasteiger partial charge in [-0.2, -0.15) is 0 Å². The van der Waals surface area contributed by atoms with Crippen LogP contribution in [0.1, 0.15) is 25.0 Å². The molecule has 1 atom stereocenters. The molecule has 1 amide bonds. The van der Waals surface area contributed by atoms with E-state index in [4.69, 9.17) is 9.47 Å². The molecular weight excluding hydrogens is 340 g/mol. The van der Waals surface area contributed by atoms with Gasteiger partial charge in [-0.05, 0) is 42.7 Å². The highest BCUT2D eigenvalue weighted by atomic mass is 16.5. The standard InChI is InChI=1S/C22H28N2O3/c1-16(2)15-27-21-12-19(10-11-20(21)26-4)14-23-17(3)22(25)24-13-18-8-6-5-7-9-18/h5-12,17,23H,1,13-15H2,2-4H3,(H,24,25). The van der Waals surface area contributed by atoms with E-state index in [2.05, 4.69) is 17.2 Å². The summed E-state index contributed by atoms with van der Waals surface area (Å²) in [6, 6.07) is 15.3. The van der Waals surface area contributed by atoms with Crippen LogP contribution in [0.2, 0.25) is 0 Å². The summed E-state index contributed by atoms with van der Waals surface area (Å²) in [5.41, 5.74) is 3.02. The summed E-state index contributed by atoms with van der Waals surface area (Å²) in [5.74, 6) is 1.31. The SMILES string of the molecule is C=C(C)COc1cc(CNC(C)C(=O)NCc2ccccc2)ccc1OC. The fourth-order valence-corrected chi connectivity index (χ4v) is 2.45. The zero-order valence-electron chi connectivity index (χ0n) is 16.2. The summed E-state index contributed by atoms with van der Waals surface area (Å²) in [6.45, 7) is 9.11. The van der Waals surface area contributed by atoms with Crippen molar-refractivity contribution in [3.8, 4) is 11.5 Å². The summed E-state index contributed by atoms with van der Waals surface area (Å²) in [6.07, 6.45) is 0. The van der Waals surface area contributed by atoms with Gasteiger partial charge in [-0.3, -0.25) is 4.79 Å². The Hall–Kier alpha value is -2.79. The van der Waals surface area contributed by atoms with Gasteiger partial charge in [-0.25, -0.2) is 0 Å². The molecule has 5 heteroatoms. The summed E-state index contributed by atoms with van der Waals surface area (Å²) >= 11 is 0. The number of methoxy groups -OCH3 is 1. The molecule has 0 saturated carbocycles. The van der Waals surface area contributed by atoms with Gasteiger partial charge < -0.3 is 20.1 Å². The van der Waals surface area contributed by atoms with Crippen molar-refractivity contribution in [2.45, 2.75) is 33.0 Å². The molecular formula is C22H28N2O3.